The first kappa shape index (κ1) is 22.4. The molecule has 0 unspecified atom stereocenters. The summed E-state index contributed by atoms with van der Waals surface area (Å²) in [7, 11) is 0. The molecule has 0 bridgehead atoms. The van der Waals surface area contributed by atoms with Gasteiger partial charge in [-0.3, -0.25) is 15.0 Å². The van der Waals surface area contributed by atoms with Crippen LogP contribution in [-0.4, -0.2) is 36.0 Å². The van der Waals surface area contributed by atoms with Crippen LogP contribution < -0.4 is 5.32 Å². The predicted molar refractivity (Wildman–Crippen MR) is 99.2 cm³/mol. The van der Waals surface area contributed by atoms with Crippen LogP contribution >= 0.6 is 36.4 Å². The van der Waals surface area contributed by atoms with E-state index in [1.54, 1.807) is 12.1 Å². The van der Waals surface area contributed by atoms with Crippen LogP contribution in [0, 0.1) is 15.5 Å². The standard InChI is InChI=1S/C15H22ClN3O2.2ClH/c1-15(2,3)14(18-8-6-17-7-9-18)12-10-11(16)4-5-13(12)19(20)21;;/h4-5,10,14,17H,6-9H2,1-3H3;2*1H/t14-;;/m0../s1. The monoisotopic (exact) mass is 383 g/mol. The Morgan fingerprint density at radius 2 is 1.83 bits per heavy atom. The van der Waals surface area contributed by atoms with E-state index in [9.17, 15) is 10.1 Å². The molecule has 23 heavy (non-hydrogen) atoms. The fraction of sp³-hybridized carbons (Fsp3) is 0.600. The Morgan fingerprint density at radius 1 is 1.26 bits per heavy atom. The van der Waals surface area contributed by atoms with Crippen LogP contribution in [0.3, 0.4) is 0 Å². The van der Waals surface area contributed by atoms with Crippen molar-refractivity contribution in [1.82, 2.24) is 10.2 Å². The highest BCUT2D eigenvalue weighted by Gasteiger charge is 2.36. The SMILES string of the molecule is CC(C)(C)[C@H](c1cc(Cl)ccc1[N+](=O)[O-])N1CCNCC1.Cl.Cl. The van der Waals surface area contributed by atoms with Gasteiger partial charge in [0, 0.05) is 48.9 Å². The van der Waals surface area contributed by atoms with Crippen LogP contribution in [0.1, 0.15) is 32.4 Å². The van der Waals surface area contributed by atoms with Crippen LogP contribution in [-0.2, 0) is 0 Å². The molecule has 1 saturated heterocycles. The number of hydrogen-bond acceptors (Lipinski definition) is 4. The Balaban J connectivity index is 0.00000242. The van der Waals surface area contributed by atoms with Crippen LogP contribution in [0.2, 0.25) is 5.02 Å². The Morgan fingerprint density at radius 3 is 2.30 bits per heavy atom. The highest BCUT2D eigenvalue weighted by atomic mass is 35.5. The van der Waals surface area contributed by atoms with Gasteiger partial charge in [-0.15, -0.1) is 24.8 Å². The minimum atomic E-state index is -0.313. The second kappa shape index (κ2) is 9.04. The number of rotatable bonds is 3. The van der Waals surface area contributed by atoms with E-state index >= 15 is 0 Å². The van der Waals surface area contributed by atoms with Gasteiger partial charge in [0.15, 0.2) is 0 Å². The molecule has 0 radical (unpaired) electrons. The van der Waals surface area contributed by atoms with Gasteiger partial charge in [0.1, 0.15) is 0 Å². The minimum absolute atomic E-state index is 0. The number of nitrogens with one attached hydrogen (secondary N) is 1. The van der Waals surface area contributed by atoms with E-state index < -0.39 is 0 Å². The molecule has 0 amide bonds. The summed E-state index contributed by atoms with van der Waals surface area (Å²) in [5, 5.41) is 15.2. The zero-order valence-electron chi connectivity index (χ0n) is 13.5. The fourth-order valence-electron chi connectivity index (χ4n) is 3.06. The van der Waals surface area contributed by atoms with Gasteiger partial charge in [-0.2, -0.15) is 0 Å². The molecule has 1 aliphatic rings. The van der Waals surface area contributed by atoms with Gasteiger partial charge in [-0.1, -0.05) is 32.4 Å². The Labute approximate surface area is 154 Å². The fourth-order valence-corrected chi connectivity index (χ4v) is 3.24. The largest absolute Gasteiger partial charge is 0.314 e. The summed E-state index contributed by atoms with van der Waals surface area (Å²) in [6.45, 7) is 9.91. The van der Waals surface area contributed by atoms with E-state index in [0.717, 1.165) is 26.2 Å². The molecular weight excluding hydrogens is 361 g/mol. The van der Waals surface area contributed by atoms with Gasteiger partial charge in [0.05, 0.1) is 4.92 Å². The zero-order valence-corrected chi connectivity index (χ0v) is 15.9. The summed E-state index contributed by atoms with van der Waals surface area (Å²) >= 11 is 6.10. The summed E-state index contributed by atoms with van der Waals surface area (Å²) in [5.41, 5.74) is 0.743. The van der Waals surface area contributed by atoms with E-state index in [4.69, 9.17) is 11.6 Å². The maximum absolute atomic E-state index is 11.4. The lowest BCUT2D eigenvalue weighted by molar-refractivity contribution is -0.386. The molecule has 1 fully saturated rings. The van der Waals surface area contributed by atoms with Crippen LogP contribution in [0.25, 0.3) is 0 Å². The summed E-state index contributed by atoms with van der Waals surface area (Å²) in [6.07, 6.45) is 0. The molecule has 8 heteroatoms. The number of benzene rings is 1. The molecule has 132 valence electrons. The van der Waals surface area contributed by atoms with E-state index in [-0.39, 0.29) is 46.9 Å². The lowest BCUT2D eigenvalue weighted by atomic mass is 9.80. The molecule has 1 heterocycles. The van der Waals surface area contributed by atoms with Crippen LogP contribution in [0.5, 0.6) is 0 Å². The van der Waals surface area contributed by atoms with Gasteiger partial charge in [-0.25, -0.2) is 0 Å². The summed E-state index contributed by atoms with van der Waals surface area (Å²) in [5.74, 6) is 0. The Hall–Kier alpha value is -0.590. The molecular formula is C15H24Cl3N3O2. The molecule has 5 nitrogen and oxygen atoms in total. The Bertz CT molecular complexity index is 529. The Kier molecular flexibility index (Phi) is 8.81. The average molecular weight is 385 g/mol. The van der Waals surface area contributed by atoms with Gasteiger partial charge in [-0.05, 0) is 17.5 Å². The topological polar surface area (TPSA) is 58.4 Å². The van der Waals surface area contributed by atoms with Crippen LogP contribution in [0.15, 0.2) is 18.2 Å². The van der Waals surface area contributed by atoms with Crippen molar-refractivity contribution in [3.8, 4) is 0 Å². The maximum atomic E-state index is 11.4. The number of halogens is 3. The lowest BCUT2D eigenvalue weighted by Gasteiger charge is -2.42. The van der Waals surface area contributed by atoms with E-state index in [2.05, 4.69) is 31.0 Å². The van der Waals surface area contributed by atoms with Crippen molar-refractivity contribution in [2.24, 2.45) is 5.41 Å². The van der Waals surface area contributed by atoms with Crippen molar-refractivity contribution < 1.29 is 4.92 Å². The third-order valence-corrected chi connectivity index (χ3v) is 4.05. The summed E-state index contributed by atoms with van der Waals surface area (Å²) in [6, 6.07) is 4.82. The van der Waals surface area contributed by atoms with Crippen molar-refractivity contribution in [2.45, 2.75) is 26.8 Å². The van der Waals surface area contributed by atoms with Gasteiger partial charge < -0.3 is 5.32 Å². The maximum Gasteiger partial charge on any atom is 0.274 e. The third-order valence-electron chi connectivity index (χ3n) is 3.82. The first-order chi connectivity index (χ1) is 9.80. The second-order valence-corrected chi connectivity index (χ2v) is 6.95. The van der Waals surface area contributed by atoms with Crippen molar-refractivity contribution in [1.29, 1.82) is 0 Å². The van der Waals surface area contributed by atoms with Crippen molar-refractivity contribution in [3.05, 3.63) is 38.9 Å². The second-order valence-electron chi connectivity index (χ2n) is 6.51. The molecule has 1 aromatic rings. The van der Waals surface area contributed by atoms with Crippen LogP contribution in [0.4, 0.5) is 5.69 Å². The van der Waals surface area contributed by atoms with E-state index in [1.165, 1.54) is 6.07 Å². The van der Waals surface area contributed by atoms with Crippen molar-refractivity contribution in [3.63, 3.8) is 0 Å². The molecule has 0 spiro atoms. The molecule has 0 aliphatic carbocycles. The smallest absolute Gasteiger partial charge is 0.274 e. The third kappa shape index (κ3) is 5.47. The quantitative estimate of drug-likeness (QED) is 0.630. The summed E-state index contributed by atoms with van der Waals surface area (Å²) < 4.78 is 0. The molecule has 1 aliphatic heterocycles. The molecule has 1 N–H and O–H groups in total. The first-order valence-electron chi connectivity index (χ1n) is 7.19. The van der Waals surface area contributed by atoms with E-state index in [1.807, 2.05) is 0 Å². The number of nitro groups is 1. The normalized spacial score (nSPS) is 16.9. The highest BCUT2D eigenvalue weighted by Crippen LogP contribution is 2.42. The zero-order chi connectivity index (χ0) is 15.6. The predicted octanol–water partition coefficient (Wildman–Crippen LogP) is 4.08. The number of nitrogens with zero attached hydrogens (tertiary/aromatic N) is 2. The van der Waals surface area contributed by atoms with Crippen molar-refractivity contribution >= 4 is 42.1 Å². The molecule has 0 aromatic heterocycles. The van der Waals surface area contributed by atoms with Gasteiger partial charge >= 0.3 is 0 Å². The van der Waals surface area contributed by atoms with Gasteiger partial charge in [0.2, 0.25) is 0 Å². The molecule has 2 rings (SSSR count). The number of hydrogen-bond donors (Lipinski definition) is 1. The van der Waals surface area contributed by atoms with Gasteiger partial charge in [0.25, 0.3) is 5.69 Å². The summed E-state index contributed by atoms with van der Waals surface area (Å²) in [4.78, 5) is 13.4. The molecule has 1 atom stereocenters. The van der Waals surface area contributed by atoms with Crippen molar-refractivity contribution in [2.75, 3.05) is 26.2 Å². The first-order valence-corrected chi connectivity index (χ1v) is 7.57. The average Bonchev–Trinajstić information content (AvgIpc) is 2.38. The van der Waals surface area contributed by atoms with E-state index in [0.29, 0.717) is 10.6 Å². The number of nitro benzene ring substituents is 1. The highest BCUT2D eigenvalue weighted by molar-refractivity contribution is 6.30. The molecule has 1 aromatic carbocycles. The lowest BCUT2D eigenvalue weighted by Crippen LogP contribution is -2.48. The minimum Gasteiger partial charge on any atom is -0.314 e. The molecule has 0 saturated carbocycles. The number of piperazine rings is 1.